The second kappa shape index (κ2) is 9.40. The third-order valence-corrected chi connectivity index (χ3v) is 5.38. The summed E-state index contributed by atoms with van der Waals surface area (Å²) in [7, 11) is 0. The molecule has 0 aromatic heterocycles. The van der Waals surface area contributed by atoms with Crippen LogP contribution in [0.3, 0.4) is 0 Å². The molecule has 0 atom stereocenters. The summed E-state index contributed by atoms with van der Waals surface area (Å²) in [5.74, 6) is -0.0244. The summed E-state index contributed by atoms with van der Waals surface area (Å²) in [5.41, 5.74) is 1.88. The number of carbonyl (C=O) groups excluding carboxylic acids is 1. The van der Waals surface area contributed by atoms with Crippen molar-refractivity contribution in [3.8, 4) is 0 Å². The van der Waals surface area contributed by atoms with E-state index in [0.717, 1.165) is 52.0 Å². The van der Waals surface area contributed by atoms with Crippen LogP contribution in [0.5, 0.6) is 0 Å². The molecule has 138 valence electrons. The Morgan fingerprint density at radius 1 is 0.962 bits per heavy atom. The number of carbonyl (C=O) groups is 1. The van der Waals surface area contributed by atoms with Crippen LogP contribution in [0.25, 0.3) is 0 Å². The molecular weight excluding hydrogens is 367 g/mol. The number of hydrogen-bond donors (Lipinski definition) is 0. The zero-order valence-corrected chi connectivity index (χ0v) is 16.3. The van der Waals surface area contributed by atoms with Crippen LogP contribution >= 0.6 is 23.2 Å². The van der Waals surface area contributed by atoms with E-state index >= 15 is 0 Å². The van der Waals surface area contributed by atoms with Crippen molar-refractivity contribution in [2.45, 2.75) is 19.3 Å². The summed E-state index contributed by atoms with van der Waals surface area (Å²) >= 11 is 12.2. The molecule has 1 amide bonds. The molecule has 1 aliphatic rings. The van der Waals surface area contributed by atoms with Gasteiger partial charge in [-0.3, -0.25) is 4.79 Å². The maximum absolute atomic E-state index is 12.8. The standard InChI is InChI=1S/C21H24Cl2N2O/c22-18-9-10-20(23)19(16-18)21(26)25-13-5-12-24(14-15-25)11-4-8-17-6-2-1-3-7-17/h1-3,6-7,9-10,16H,4-5,8,11-15H2. The largest absolute Gasteiger partial charge is 0.337 e. The highest BCUT2D eigenvalue weighted by molar-refractivity contribution is 6.35. The second-order valence-electron chi connectivity index (χ2n) is 6.70. The minimum absolute atomic E-state index is 0.0244. The molecule has 1 heterocycles. The maximum atomic E-state index is 12.8. The lowest BCUT2D eigenvalue weighted by Gasteiger charge is -2.22. The van der Waals surface area contributed by atoms with Gasteiger partial charge < -0.3 is 9.80 Å². The summed E-state index contributed by atoms with van der Waals surface area (Å²) in [6.45, 7) is 4.49. The molecule has 0 radical (unpaired) electrons. The highest BCUT2D eigenvalue weighted by atomic mass is 35.5. The predicted octanol–water partition coefficient (Wildman–Crippen LogP) is 4.77. The Morgan fingerprint density at radius 3 is 2.58 bits per heavy atom. The minimum Gasteiger partial charge on any atom is -0.337 e. The van der Waals surface area contributed by atoms with Gasteiger partial charge >= 0.3 is 0 Å². The minimum atomic E-state index is -0.0244. The van der Waals surface area contributed by atoms with E-state index in [9.17, 15) is 4.79 Å². The molecule has 0 spiro atoms. The number of hydrogen-bond acceptors (Lipinski definition) is 2. The van der Waals surface area contributed by atoms with Gasteiger partial charge in [-0.1, -0.05) is 53.5 Å². The van der Waals surface area contributed by atoms with Gasteiger partial charge in [-0.25, -0.2) is 0 Å². The highest BCUT2D eigenvalue weighted by Crippen LogP contribution is 2.22. The number of amides is 1. The Kier molecular flexibility index (Phi) is 6.95. The van der Waals surface area contributed by atoms with Gasteiger partial charge in [0.2, 0.25) is 0 Å². The lowest BCUT2D eigenvalue weighted by molar-refractivity contribution is 0.0761. The van der Waals surface area contributed by atoms with Gasteiger partial charge in [0.25, 0.3) is 5.91 Å². The zero-order valence-electron chi connectivity index (χ0n) is 14.8. The smallest absolute Gasteiger partial charge is 0.255 e. The third-order valence-electron chi connectivity index (χ3n) is 4.82. The SMILES string of the molecule is O=C(c1cc(Cl)ccc1Cl)N1CCCN(CCCc2ccccc2)CC1. The molecule has 26 heavy (non-hydrogen) atoms. The van der Waals surface area contributed by atoms with E-state index in [-0.39, 0.29) is 5.91 Å². The first kappa shape index (κ1) is 19.2. The van der Waals surface area contributed by atoms with Gasteiger partial charge in [0.1, 0.15) is 0 Å². The van der Waals surface area contributed by atoms with E-state index in [0.29, 0.717) is 15.6 Å². The van der Waals surface area contributed by atoms with Crippen molar-refractivity contribution >= 4 is 29.1 Å². The second-order valence-corrected chi connectivity index (χ2v) is 7.54. The number of nitrogens with zero attached hydrogens (tertiary/aromatic N) is 2. The van der Waals surface area contributed by atoms with Crippen LogP contribution in [-0.2, 0) is 6.42 Å². The van der Waals surface area contributed by atoms with E-state index in [1.165, 1.54) is 5.56 Å². The topological polar surface area (TPSA) is 23.6 Å². The van der Waals surface area contributed by atoms with Gasteiger partial charge in [-0.05, 0) is 56.1 Å². The van der Waals surface area contributed by atoms with Crippen LogP contribution < -0.4 is 0 Å². The first-order valence-corrected chi connectivity index (χ1v) is 9.90. The van der Waals surface area contributed by atoms with Gasteiger partial charge in [-0.2, -0.15) is 0 Å². The van der Waals surface area contributed by atoms with Crippen molar-refractivity contribution in [1.82, 2.24) is 9.80 Å². The van der Waals surface area contributed by atoms with Crippen molar-refractivity contribution in [3.05, 3.63) is 69.7 Å². The molecule has 1 aliphatic heterocycles. The average Bonchev–Trinajstić information content (AvgIpc) is 2.90. The lowest BCUT2D eigenvalue weighted by Crippen LogP contribution is -2.35. The fourth-order valence-electron chi connectivity index (χ4n) is 3.38. The monoisotopic (exact) mass is 390 g/mol. The molecule has 0 aliphatic carbocycles. The number of halogens is 2. The van der Waals surface area contributed by atoms with Crippen LogP contribution in [0.15, 0.2) is 48.5 Å². The Bertz CT molecular complexity index is 736. The first-order valence-electron chi connectivity index (χ1n) is 9.14. The van der Waals surface area contributed by atoms with Gasteiger partial charge in [0, 0.05) is 24.7 Å². The summed E-state index contributed by atoms with van der Waals surface area (Å²) in [6.07, 6.45) is 3.21. The summed E-state index contributed by atoms with van der Waals surface area (Å²) in [5, 5.41) is 0.999. The molecule has 1 saturated heterocycles. The van der Waals surface area contributed by atoms with E-state index in [1.54, 1.807) is 18.2 Å². The molecule has 0 bridgehead atoms. The molecule has 3 rings (SSSR count). The fourth-order valence-corrected chi connectivity index (χ4v) is 3.75. The Hall–Kier alpha value is -1.55. The summed E-state index contributed by atoms with van der Waals surface area (Å²) in [6, 6.07) is 15.6. The molecule has 0 saturated carbocycles. The Morgan fingerprint density at radius 2 is 1.77 bits per heavy atom. The molecule has 3 nitrogen and oxygen atoms in total. The third kappa shape index (κ3) is 5.23. The average molecular weight is 391 g/mol. The van der Waals surface area contributed by atoms with Crippen LogP contribution in [-0.4, -0.2) is 48.4 Å². The van der Waals surface area contributed by atoms with Crippen LogP contribution in [0.2, 0.25) is 10.0 Å². The quantitative estimate of drug-likeness (QED) is 0.733. The predicted molar refractivity (Wildman–Crippen MR) is 108 cm³/mol. The molecule has 0 unspecified atom stereocenters. The molecular formula is C21H24Cl2N2O. The molecule has 2 aromatic rings. The highest BCUT2D eigenvalue weighted by Gasteiger charge is 2.22. The van der Waals surface area contributed by atoms with Crippen molar-refractivity contribution in [2.24, 2.45) is 0 Å². The summed E-state index contributed by atoms with van der Waals surface area (Å²) < 4.78 is 0. The number of rotatable bonds is 5. The molecule has 2 aromatic carbocycles. The van der Waals surface area contributed by atoms with Crippen molar-refractivity contribution in [2.75, 3.05) is 32.7 Å². The molecule has 0 N–H and O–H groups in total. The van der Waals surface area contributed by atoms with E-state index in [1.807, 2.05) is 4.90 Å². The van der Waals surface area contributed by atoms with Gasteiger partial charge in [0.05, 0.1) is 10.6 Å². The number of benzene rings is 2. The van der Waals surface area contributed by atoms with Crippen LogP contribution in [0, 0.1) is 0 Å². The Labute approximate surface area is 165 Å². The van der Waals surface area contributed by atoms with Crippen molar-refractivity contribution in [1.29, 1.82) is 0 Å². The number of aryl methyl sites for hydroxylation is 1. The fraction of sp³-hybridized carbons (Fsp3) is 0.381. The van der Waals surface area contributed by atoms with Gasteiger partial charge in [-0.15, -0.1) is 0 Å². The van der Waals surface area contributed by atoms with Crippen LogP contribution in [0.4, 0.5) is 0 Å². The van der Waals surface area contributed by atoms with Gasteiger partial charge in [0.15, 0.2) is 0 Å². The van der Waals surface area contributed by atoms with E-state index < -0.39 is 0 Å². The van der Waals surface area contributed by atoms with Crippen molar-refractivity contribution in [3.63, 3.8) is 0 Å². The first-order chi connectivity index (χ1) is 12.6. The molecule has 5 heteroatoms. The van der Waals surface area contributed by atoms with E-state index in [2.05, 4.69) is 35.2 Å². The molecule has 1 fully saturated rings. The normalized spacial score (nSPS) is 15.7. The zero-order chi connectivity index (χ0) is 18.4. The summed E-state index contributed by atoms with van der Waals surface area (Å²) in [4.78, 5) is 17.1. The van der Waals surface area contributed by atoms with Crippen LogP contribution in [0.1, 0.15) is 28.8 Å². The lowest BCUT2D eigenvalue weighted by atomic mass is 10.1. The maximum Gasteiger partial charge on any atom is 0.255 e. The Balaban J connectivity index is 1.51. The van der Waals surface area contributed by atoms with Crippen molar-refractivity contribution < 1.29 is 4.79 Å². The van der Waals surface area contributed by atoms with E-state index in [4.69, 9.17) is 23.2 Å².